The summed E-state index contributed by atoms with van der Waals surface area (Å²) in [7, 11) is 1.29. The number of hydrogen-bond acceptors (Lipinski definition) is 4. The van der Waals surface area contributed by atoms with Gasteiger partial charge in [-0.05, 0) is 23.8 Å². The van der Waals surface area contributed by atoms with Crippen molar-refractivity contribution in [1.82, 2.24) is 0 Å². The third-order valence-electron chi connectivity index (χ3n) is 2.04. The minimum Gasteiger partial charge on any atom is -0.493 e. The van der Waals surface area contributed by atoms with Gasteiger partial charge in [-0.3, -0.25) is 4.79 Å². The topological polar surface area (TPSA) is 72.8 Å². The summed E-state index contributed by atoms with van der Waals surface area (Å²) in [5.41, 5.74) is 0.325. The van der Waals surface area contributed by atoms with Gasteiger partial charge in [0.2, 0.25) is 0 Å². The third-order valence-corrected chi connectivity index (χ3v) is 2.04. The Kier molecular flexibility index (Phi) is 4.99. The highest BCUT2D eigenvalue weighted by Crippen LogP contribution is 2.29. The van der Waals surface area contributed by atoms with Crippen LogP contribution in [0.3, 0.4) is 0 Å². The molecule has 7 heteroatoms. The summed E-state index contributed by atoms with van der Waals surface area (Å²) in [6.07, 6.45) is 1.99. The third kappa shape index (κ3) is 4.38. The maximum Gasteiger partial charge on any atom is 0.387 e. The standard InChI is InChI=1S/C12H10F2O5/c1-18-9-5-3-7(2-4-8(15)11(16)17)6-10(9)19-12(13)14/h2-6,12H,1H3,(H,16,17)/b4-2+. The zero-order valence-electron chi connectivity index (χ0n) is 9.80. The predicted octanol–water partition coefficient (Wildman–Crippen LogP) is 1.96. The van der Waals surface area contributed by atoms with Crippen LogP contribution in [0.15, 0.2) is 24.3 Å². The quantitative estimate of drug-likeness (QED) is 0.633. The van der Waals surface area contributed by atoms with Gasteiger partial charge in [-0.25, -0.2) is 4.79 Å². The van der Waals surface area contributed by atoms with Gasteiger partial charge in [0.1, 0.15) is 0 Å². The van der Waals surface area contributed by atoms with Crippen LogP contribution in [-0.2, 0) is 9.59 Å². The van der Waals surface area contributed by atoms with Crippen molar-refractivity contribution >= 4 is 17.8 Å². The molecule has 0 fully saturated rings. The molecule has 0 saturated carbocycles. The summed E-state index contributed by atoms with van der Waals surface area (Å²) in [6.45, 7) is -3.02. The summed E-state index contributed by atoms with van der Waals surface area (Å²) in [5, 5.41) is 8.37. The van der Waals surface area contributed by atoms with Crippen LogP contribution in [0, 0.1) is 0 Å². The molecule has 0 atom stereocenters. The first-order valence-corrected chi connectivity index (χ1v) is 5.02. The number of carbonyl (C=O) groups excluding carboxylic acids is 1. The number of carboxylic acid groups (broad SMARTS) is 1. The minimum atomic E-state index is -3.02. The lowest BCUT2D eigenvalue weighted by Gasteiger charge is -2.10. The Morgan fingerprint density at radius 2 is 2.00 bits per heavy atom. The summed E-state index contributed by atoms with van der Waals surface area (Å²) in [4.78, 5) is 21.1. The molecule has 0 saturated heterocycles. The van der Waals surface area contributed by atoms with Crippen molar-refractivity contribution in [2.24, 2.45) is 0 Å². The molecular weight excluding hydrogens is 262 g/mol. The molecule has 0 amide bonds. The van der Waals surface area contributed by atoms with E-state index < -0.39 is 18.4 Å². The molecule has 5 nitrogen and oxygen atoms in total. The van der Waals surface area contributed by atoms with Crippen LogP contribution >= 0.6 is 0 Å². The number of carboxylic acids is 1. The van der Waals surface area contributed by atoms with Gasteiger partial charge in [-0.15, -0.1) is 0 Å². The molecule has 0 bridgehead atoms. The minimum absolute atomic E-state index is 0.0991. The smallest absolute Gasteiger partial charge is 0.387 e. The second-order valence-electron chi connectivity index (χ2n) is 3.29. The summed E-state index contributed by atoms with van der Waals surface area (Å²) >= 11 is 0. The maximum absolute atomic E-state index is 12.2. The van der Waals surface area contributed by atoms with Gasteiger partial charge in [0.15, 0.2) is 11.5 Å². The predicted molar refractivity (Wildman–Crippen MR) is 61.3 cm³/mol. The average Bonchev–Trinajstić information content (AvgIpc) is 2.35. The molecule has 0 aliphatic rings. The Hall–Kier alpha value is -2.44. The molecule has 0 aliphatic heterocycles. The molecule has 0 heterocycles. The normalized spacial score (nSPS) is 10.7. The van der Waals surface area contributed by atoms with Crippen LogP contribution in [0.5, 0.6) is 11.5 Å². The van der Waals surface area contributed by atoms with Gasteiger partial charge in [0.25, 0.3) is 5.78 Å². The lowest BCUT2D eigenvalue weighted by Crippen LogP contribution is -2.08. The Morgan fingerprint density at radius 1 is 1.32 bits per heavy atom. The molecule has 0 radical (unpaired) electrons. The summed E-state index contributed by atoms with van der Waals surface area (Å²) in [6, 6.07) is 4.03. The SMILES string of the molecule is COc1ccc(/C=C/C(=O)C(=O)O)cc1OC(F)F. The zero-order valence-corrected chi connectivity index (χ0v) is 9.80. The highest BCUT2D eigenvalue weighted by atomic mass is 19.3. The first-order valence-electron chi connectivity index (χ1n) is 5.02. The number of ether oxygens (including phenoxy) is 2. The monoisotopic (exact) mass is 272 g/mol. The number of halogens is 2. The second-order valence-corrected chi connectivity index (χ2v) is 3.29. The number of carbonyl (C=O) groups is 2. The van der Waals surface area contributed by atoms with Crippen LogP contribution in [0.25, 0.3) is 6.08 Å². The van der Waals surface area contributed by atoms with Gasteiger partial charge in [-0.2, -0.15) is 8.78 Å². The molecule has 0 aromatic heterocycles. The van der Waals surface area contributed by atoms with Gasteiger partial charge in [0.05, 0.1) is 7.11 Å². The molecule has 1 aromatic rings. The number of benzene rings is 1. The van der Waals surface area contributed by atoms with E-state index in [2.05, 4.69) is 4.74 Å². The van der Waals surface area contributed by atoms with Crippen LogP contribution in [0.4, 0.5) is 8.78 Å². The highest BCUT2D eigenvalue weighted by molar-refractivity contribution is 6.38. The van der Waals surface area contributed by atoms with E-state index in [1.807, 2.05) is 0 Å². The summed E-state index contributed by atoms with van der Waals surface area (Å²) in [5.74, 6) is -2.83. The fourth-order valence-corrected chi connectivity index (χ4v) is 1.23. The largest absolute Gasteiger partial charge is 0.493 e. The Balaban J connectivity index is 2.98. The highest BCUT2D eigenvalue weighted by Gasteiger charge is 2.11. The van der Waals surface area contributed by atoms with Crippen LogP contribution in [0.1, 0.15) is 5.56 Å². The number of ketones is 1. The molecule has 19 heavy (non-hydrogen) atoms. The van der Waals surface area contributed by atoms with E-state index in [1.165, 1.54) is 31.4 Å². The molecular formula is C12H10F2O5. The van der Waals surface area contributed by atoms with E-state index in [4.69, 9.17) is 9.84 Å². The van der Waals surface area contributed by atoms with Crippen LogP contribution < -0.4 is 9.47 Å². The molecule has 0 spiro atoms. The van der Waals surface area contributed by atoms with Crippen molar-refractivity contribution < 1.29 is 33.0 Å². The number of aliphatic carboxylic acids is 1. The summed E-state index contributed by atoms with van der Waals surface area (Å²) < 4.78 is 33.4. The van der Waals surface area contributed by atoms with Crippen molar-refractivity contribution in [3.63, 3.8) is 0 Å². The second kappa shape index (κ2) is 6.48. The van der Waals surface area contributed by atoms with E-state index >= 15 is 0 Å². The van der Waals surface area contributed by atoms with Gasteiger partial charge < -0.3 is 14.6 Å². The van der Waals surface area contributed by atoms with Crippen molar-refractivity contribution in [3.8, 4) is 11.5 Å². The first-order chi connectivity index (χ1) is 8.93. The fourth-order valence-electron chi connectivity index (χ4n) is 1.23. The van der Waals surface area contributed by atoms with E-state index in [9.17, 15) is 18.4 Å². The van der Waals surface area contributed by atoms with E-state index in [0.717, 1.165) is 6.08 Å². The number of alkyl halides is 2. The molecule has 1 rings (SSSR count). The molecule has 0 aliphatic carbocycles. The Bertz CT molecular complexity index is 511. The van der Waals surface area contributed by atoms with E-state index in [1.54, 1.807) is 0 Å². The zero-order chi connectivity index (χ0) is 14.4. The van der Waals surface area contributed by atoms with Gasteiger partial charge in [0, 0.05) is 0 Å². The molecule has 0 unspecified atom stereocenters. The fraction of sp³-hybridized carbons (Fsp3) is 0.167. The van der Waals surface area contributed by atoms with Crippen LogP contribution in [0.2, 0.25) is 0 Å². The number of hydrogen-bond donors (Lipinski definition) is 1. The molecule has 1 aromatic carbocycles. The Morgan fingerprint density at radius 3 is 2.53 bits per heavy atom. The lowest BCUT2D eigenvalue weighted by molar-refractivity contribution is -0.146. The van der Waals surface area contributed by atoms with Crippen molar-refractivity contribution in [2.75, 3.05) is 7.11 Å². The van der Waals surface area contributed by atoms with Crippen LogP contribution in [-0.4, -0.2) is 30.6 Å². The van der Waals surface area contributed by atoms with Crippen molar-refractivity contribution in [2.45, 2.75) is 6.61 Å². The number of methoxy groups -OCH3 is 1. The average molecular weight is 272 g/mol. The molecule has 1 N–H and O–H groups in total. The molecule has 102 valence electrons. The first kappa shape index (κ1) is 14.6. The Labute approximate surface area is 107 Å². The van der Waals surface area contributed by atoms with Crippen molar-refractivity contribution in [3.05, 3.63) is 29.8 Å². The van der Waals surface area contributed by atoms with E-state index in [-0.39, 0.29) is 11.5 Å². The number of rotatable bonds is 6. The van der Waals surface area contributed by atoms with E-state index in [0.29, 0.717) is 5.56 Å². The van der Waals surface area contributed by atoms with Gasteiger partial charge >= 0.3 is 12.6 Å². The lowest BCUT2D eigenvalue weighted by atomic mass is 10.1. The maximum atomic E-state index is 12.2. The van der Waals surface area contributed by atoms with Crippen molar-refractivity contribution in [1.29, 1.82) is 0 Å². The van der Waals surface area contributed by atoms with Gasteiger partial charge in [-0.1, -0.05) is 12.1 Å².